The Labute approximate surface area is 142 Å². The van der Waals surface area contributed by atoms with E-state index in [0.717, 1.165) is 22.3 Å². The molecule has 0 aromatic heterocycles. The lowest BCUT2D eigenvalue weighted by Gasteiger charge is -2.03. The van der Waals surface area contributed by atoms with Gasteiger partial charge in [0.05, 0.1) is 0 Å². The fourth-order valence-corrected chi connectivity index (χ4v) is 2.49. The zero-order valence-electron chi connectivity index (χ0n) is 13.5. The number of benzene rings is 1. The SMILES string of the molecule is C/C1=C\C2=CC=CC=C(C#CC#Cc3ccccc3/C=C/C1=O)C2. The quantitative estimate of drug-likeness (QED) is 0.649. The van der Waals surface area contributed by atoms with E-state index in [1.807, 2.05) is 67.6 Å². The molecule has 0 saturated heterocycles. The van der Waals surface area contributed by atoms with Crippen molar-refractivity contribution in [1.82, 2.24) is 0 Å². The van der Waals surface area contributed by atoms with Crippen molar-refractivity contribution >= 4 is 11.9 Å². The molecule has 1 aromatic rings. The molecule has 0 spiro atoms. The van der Waals surface area contributed by atoms with Crippen molar-refractivity contribution in [2.24, 2.45) is 0 Å². The second-order valence-electron chi connectivity index (χ2n) is 5.61. The largest absolute Gasteiger partial charge is 0.290 e. The third-order valence-electron chi connectivity index (χ3n) is 3.76. The number of fused-ring (bicyclic) bond motifs is 3. The summed E-state index contributed by atoms with van der Waals surface area (Å²) in [5, 5.41) is 0. The topological polar surface area (TPSA) is 17.1 Å². The van der Waals surface area contributed by atoms with Gasteiger partial charge in [-0.25, -0.2) is 0 Å². The van der Waals surface area contributed by atoms with E-state index in [9.17, 15) is 4.79 Å². The second kappa shape index (κ2) is 7.32. The molecule has 0 aliphatic heterocycles. The summed E-state index contributed by atoms with van der Waals surface area (Å²) in [7, 11) is 0. The van der Waals surface area contributed by atoms with E-state index in [1.54, 1.807) is 6.08 Å². The van der Waals surface area contributed by atoms with Crippen LogP contribution in [0.25, 0.3) is 6.08 Å². The zero-order valence-corrected chi connectivity index (χ0v) is 13.5. The van der Waals surface area contributed by atoms with Gasteiger partial charge >= 0.3 is 0 Å². The molecule has 0 heterocycles. The van der Waals surface area contributed by atoms with Crippen molar-refractivity contribution in [2.45, 2.75) is 13.3 Å². The molecule has 114 valence electrons. The van der Waals surface area contributed by atoms with E-state index < -0.39 is 0 Å². The van der Waals surface area contributed by atoms with Crippen molar-refractivity contribution in [3.05, 3.63) is 88.6 Å². The van der Waals surface area contributed by atoms with Crippen LogP contribution in [0.15, 0.2) is 77.4 Å². The van der Waals surface area contributed by atoms with E-state index >= 15 is 0 Å². The normalized spacial score (nSPS) is 19.5. The van der Waals surface area contributed by atoms with E-state index in [-0.39, 0.29) is 5.78 Å². The average molecular weight is 308 g/mol. The first-order valence-corrected chi connectivity index (χ1v) is 7.80. The molecule has 1 nitrogen and oxygen atoms in total. The first-order valence-electron chi connectivity index (χ1n) is 7.80. The third-order valence-corrected chi connectivity index (χ3v) is 3.76. The third kappa shape index (κ3) is 3.92. The van der Waals surface area contributed by atoms with Gasteiger partial charge in [0.1, 0.15) is 0 Å². The maximum atomic E-state index is 12.4. The average Bonchev–Trinajstić information content (AvgIpc) is 2.81. The molecule has 2 aliphatic rings. The minimum atomic E-state index is 0.000520. The smallest absolute Gasteiger partial charge is 0.181 e. The van der Waals surface area contributed by atoms with Crippen LogP contribution in [0.4, 0.5) is 0 Å². The number of allylic oxidation sites excluding steroid dienone is 9. The van der Waals surface area contributed by atoms with Gasteiger partial charge in [0.15, 0.2) is 5.78 Å². The Morgan fingerprint density at radius 1 is 0.958 bits per heavy atom. The van der Waals surface area contributed by atoms with Gasteiger partial charge in [-0.1, -0.05) is 60.4 Å². The summed E-state index contributed by atoms with van der Waals surface area (Å²) in [6.45, 7) is 1.84. The lowest BCUT2D eigenvalue weighted by atomic mass is 10.0. The Balaban J connectivity index is 2.11. The monoisotopic (exact) mass is 308 g/mol. The molecule has 1 aromatic carbocycles. The fraction of sp³-hybridized carbons (Fsp3) is 0.0870. The summed E-state index contributed by atoms with van der Waals surface area (Å²) in [5.74, 6) is 12.0. The van der Waals surface area contributed by atoms with E-state index in [0.29, 0.717) is 12.0 Å². The number of carbonyl (C=O) groups is 1. The molecule has 24 heavy (non-hydrogen) atoms. The summed E-state index contributed by atoms with van der Waals surface area (Å²) in [6, 6.07) is 7.74. The Bertz CT molecular complexity index is 955. The molecule has 0 fully saturated rings. The maximum absolute atomic E-state index is 12.4. The molecule has 2 aliphatic carbocycles. The number of hydrogen-bond acceptors (Lipinski definition) is 1. The van der Waals surface area contributed by atoms with Gasteiger partial charge in [0.25, 0.3) is 0 Å². The predicted octanol–water partition coefficient (Wildman–Crippen LogP) is 4.40. The van der Waals surface area contributed by atoms with Crippen LogP contribution in [-0.4, -0.2) is 5.78 Å². The van der Waals surface area contributed by atoms with Gasteiger partial charge in [-0.2, -0.15) is 0 Å². The Morgan fingerprint density at radius 2 is 1.75 bits per heavy atom. The number of hydrogen-bond donors (Lipinski definition) is 0. The first-order chi connectivity index (χ1) is 11.7. The number of carbonyl (C=O) groups excluding carboxylic acids is 1. The number of rotatable bonds is 0. The summed E-state index contributed by atoms with van der Waals surface area (Å²) in [4.78, 5) is 12.4. The Kier molecular flexibility index (Phi) is 4.76. The van der Waals surface area contributed by atoms with E-state index in [2.05, 4.69) is 23.7 Å². The highest BCUT2D eigenvalue weighted by Gasteiger charge is 2.05. The molecule has 2 bridgehead atoms. The molecule has 0 unspecified atom stereocenters. The fourth-order valence-electron chi connectivity index (χ4n) is 2.49. The van der Waals surface area contributed by atoms with E-state index in [1.165, 1.54) is 0 Å². The van der Waals surface area contributed by atoms with Crippen molar-refractivity contribution in [3.8, 4) is 23.7 Å². The zero-order chi connectivity index (χ0) is 16.8. The van der Waals surface area contributed by atoms with Crippen molar-refractivity contribution in [3.63, 3.8) is 0 Å². The van der Waals surface area contributed by atoms with Gasteiger partial charge in [0, 0.05) is 17.6 Å². The summed E-state index contributed by atoms with van der Waals surface area (Å²) >= 11 is 0. The van der Waals surface area contributed by atoms with Crippen LogP contribution in [0.5, 0.6) is 0 Å². The van der Waals surface area contributed by atoms with Crippen LogP contribution in [-0.2, 0) is 4.79 Å². The summed E-state index contributed by atoms with van der Waals surface area (Å²) in [5.41, 5.74) is 4.55. The molecule has 1 heteroatoms. The molecular formula is C23H16O. The highest BCUT2D eigenvalue weighted by atomic mass is 16.1. The van der Waals surface area contributed by atoms with Crippen molar-refractivity contribution in [2.75, 3.05) is 0 Å². The first kappa shape index (κ1) is 15.6. The van der Waals surface area contributed by atoms with Gasteiger partial charge in [-0.15, -0.1) is 0 Å². The summed E-state index contributed by atoms with van der Waals surface area (Å²) < 4.78 is 0. The highest BCUT2D eigenvalue weighted by molar-refractivity contribution is 6.06. The Hall–Kier alpha value is -3.29. The van der Waals surface area contributed by atoms with Crippen LogP contribution in [0.1, 0.15) is 24.5 Å². The lowest BCUT2D eigenvalue weighted by molar-refractivity contribution is -0.111. The molecule has 3 rings (SSSR count). The summed E-state index contributed by atoms with van der Waals surface area (Å²) in [6.07, 6.45) is 14.0. The standard InChI is InChI=1S/C23H16O/c1-18-16-20-10-3-2-8-19(17-20)9-4-5-11-21-12-6-7-13-22(21)14-15-23(18)24/h2-3,6-8,10,12-16H,17H2,1H3/b15-14+,18-16+. The molecule has 0 atom stereocenters. The van der Waals surface area contributed by atoms with Gasteiger partial charge in [-0.3, -0.25) is 4.79 Å². The van der Waals surface area contributed by atoms with Crippen LogP contribution < -0.4 is 0 Å². The molecule has 0 saturated carbocycles. The number of ketones is 1. The minimum Gasteiger partial charge on any atom is -0.290 e. The van der Waals surface area contributed by atoms with Gasteiger partial charge in [-0.05, 0) is 53.7 Å². The minimum absolute atomic E-state index is 0.000520. The van der Waals surface area contributed by atoms with Crippen LogP contribution in [0.3, 0.4) is 0 Å². The van der Waals surface area contributed by atoms with E-state index in [4.69, 9.17) is 0 Å². The predicted molar refractivity (Wildman–Crippen MR) is 98.8 cm³/mol. The maximum Gasteiger partial charge on any atom is 0.181 e. The van der Waals surface area contributed by atoms with Crippen LogP contribution in [0.2, 0.25) is 0 Å². The molecule has 0 radical (unpaired) electrons. The van der Waals surface area contributed by atoms with Crippen LogP contribution >= 0.6 is 0 Å². The molecule has 0 N–H and O–H groups in total. The van der Waals surface area contributed by atoms with Crippen LogP contribution in [0, 0.1) is 23.7 Å². The molecular weight excluding hydrogens is 292 g/mol. The highest BCUT2D eigenvalue weighted by Crippen LogP contribution is 2.18. The Morgan fingerprint density at radius 3 is 2.67 bits per heavy atom. The van der Waals surface area contributed by atoms with Gasteiger partial charge in [0.2, 0.25) is 0 Å². The van der Waals surface area contributed by atoms with Crippen molar-refractivity contribution in [1.29, 1.82) is 0 Å². The van der Waals surface area contributed by atoms with Crippen molar-refractivity contribution < 1.29 is 4.79 Å². The molecule has 0 amide bonds. The van der Waals surface area contributed by atoms with Gasteiger partial charge < -0.3 is 0 Å². The second-order valence-corrected chi connectivity index (χ2v) is 5.61. The lowest BCUT2D eigenvalue weighted by Crippen LogP contribution is -1.96.